The molecule has 210 valence electrons. The molecule has 3 heterocycles. The lowest BCUT2D eigenvalue weighted by atomic mass is 10.0. The van der Waals surface area contributed by atoms with Gasteiger partial charge >= 0.3 is 6.18 Å². The normalized spacial score (nSPS) is 14.1. The number of nitrogens with zero attached hydrogens (tertiary/aromatic N) is 5. The molecule has 1 aromatic carbocycles. The van der Waals surface area contributed by atoms with Crippen LogP contribution in [-0.4, -0.2) is 51.2 Å². The molecule has 0 saturated heterocycles. The Hall–Kier alpha value is -4.69. The van der Waals surface area contributed by atoms with E-state index >= 15 is 0 Å². The van der Waals surface area contributed by atoms with E-state index in [9.17, 15) is 22.4 Å². The standard InChI is InChI=1S/C25H23F4N7O4/c1-36-12-17(22(34-36)39-3)31-23-30-11-15(21(33-23)38-2)13-4-5-14(16(26)8-13)9-20(37)32-19-10-18(40-35-19)24(6-7-24)25(27,28)29/h4-5,8,10-12H,6-7,9H2,1-3H3,(H,30,31,33)(H,32,35,37). The molecule has 1 amide bonds. The second-order valence-electron chi connectivity index (χ2n) is 9.15. The summed E-state index contributed by atoms with van der Waals surface area (Å²) in [6, 6.07) is 5.23. The molecule has 15 heteroatoms. The predicted octanol–water partition coefficient (Wildman–Crippen LogP) is 4.54. The van der Waals surface area contributed by atoms with Crippen molar-refractivity contribution in [2.75, 3.05) is 24.9 Å². The van der Waals surface area contributed by atoms with Crippen LogP contribution in [0.25, 0.3) is 11.1 Å². The van der Waals surface area contributed by atoms with Gasteiger partial charge in [0.1, 0.15) is 16.9 Å². The summed E-state index contributed by atoms with van der Waals surface area (Å²) in [5.41, 5.74) is -0.680. The fraction of sp³-hybridized carbons (Fsp3) is 0.320. The maximum atomic E-state index is 15.0. The Morgan fingerprint density at radius 3 is 2.58 bits per heavy atom. The van der Waals surface area contributed by atoms with Crippen molar-refractivity contribution in [1.29, 1.82) is 0 Å². The number of amides is 1. The summed E-state index contributed by atoms with van der Waals surface area (Å²) in [5.74, 6) is -1.20. The van der Waals surface area contributed by atoms with Gasteiger partial charge in [-0.2, -0.15) is 18.2 Å². The number of benzene rings is 1. The highest BCUT2D eigenvalue weighted by Gasteiger charge is 2.66. The summed E-state index contributed by atoms with van der Waals surface area (Å²) >= 11 is 0. The van der Waals surface area contributed by atoms with Crippen LogP contribution >= 0.6 is 0 Å². The molecule has 0 spiro atoms. The van der Waals surface area contributed by atoms with Gasteiger partial charge < -0.3 is 24.6 Å². The first kappa shape index (κ1) is 26.9. The third-order valence-corrected chi connectivity index (χ3v) is 6.44. The number of rotatable bonds is 9. The van der Waals surface area contributed by atoms with Gasteiger partial charge in [-0.25, -0.2) is 9.37 Å². The average molecular weight is 561 g/mol. The van der Waals surface area contributed by atoms with Crippen molar-refractivity contribution in [1.82, 2.24) is 24.9 Å². The molecule has 11 nitrogen and oxygen atoms in total. The molecule has 1 saturated carbocycles. The lowest BCUT2D eigenvalue weighted by molar-refractivity contribution is -0.165. The molecule has 0 atom stereocenters. The number of aryl methyl sites for hydroxylation is 1. The van der Waals surface area contributed by atoms with E-state index in [1.54, 1.807) is 24.0 Å². The van der Waals surface area contributed by atoms with Gasteiger partial charge in [0.15, 0.2) is 11.6 Å². The Kier molecular flexibility index (Phi) is 6.81. The zero-order valence-electron chi connectivity index (χ0n) is 21.5. The molecule has 1 aliphatic rings. The lowest BCUT2D eigenvalue weighted by Gasteiger charge is -2.14. The first-order chi connectivity index (χ1) is 19.0. The lowest BCUT2D eigenvalue weighted by Crippen LogP contribution is -2.28. The van der Waals surface area contributed by atoms with E-state index in [4.69, 9.17) is 14.0 Å². The maximum Gasteiger partial charge on any atom is 0.401 e. The molecule has 0 bridgehead atoms. The van der Waals surface area contributed by atoms with Crippen LogP contribution < -0.4 is 20.1 Å². The monoisotopic (exact) mass is 561 g/mol. The van der Waals surface area contributed by atoms with Crippen molar-refractivity contribution in [3.05, 3.63) is 53.8 Å². The highest BCUT2D eigenvalue weighted by molar-refractivity contribution is 5.91. The van der Waals surface area contributed by atoms with Crippen molar-refractivity contribution in [2.45, 2.75) is 30.9 Å². The van der Waals surface area contributed by atoms with Gasteiger partial charge in [0, 0.05) is 19.3 Å². The Labute approximate surface area is 224 Å². The minimum absolute atomic E-state index is 0.0563. The number of methoxy groups -OCH3 is 2. The third-order valence-electron chi connectivity index (χ3n) is 6.44. The highest BCUT2D eigenvalue weighted by Crippen LogP contribution is 2.59. The Balaban J connectivity index is 1.27. The number of hydrogen-bond donors (Lipinski definition) is 2. The highest BCUT2D eigenvalue weighted by atomic mass is 19.4. The first-order valence-electron chi connectivity index (χ1n) is 11.9. The van der Waals surface area contributed by atoms with Gasteiger partial charge in [-0.1, -0.05) is 17.3 Å². The molecular formula is C25H23F4N7O4. The van der Waals surface area contributed by atoms with E-state index in [-0.39, 0.29) is 48.2 Å². The number of anilines is 3. The van der Waals surface area contributed by atoms with Crippen molar-refractivity contribution in [3.8, 4) is 22.9 Å². The van der Waals surface area contributed by atoms with Crippen LogP contribution in [0.3, 0.4) is 0 Å². The van der Waals surface area contributed by atoms with Crippen molar-refractivity contribution < 1.29 is 36.4 Å². The van der Waals surface area contributed by atoms with Crippen LogP contribution in [0.5, 0.6) is 11.8 Å². The van der Waals surface area contributed by atoms with Gasteiger partial charge in [-0.15, -0.1) is 5.10 Å². The SMILES string of the molecule is COc1nn(C)cc1Nc1ncc(-c2ccc(CC(=O)Nc3cc(C4(C(F)(F)F)CC4)on3)c(F)c2)c(OC)n1. The molecule has 0 aliphatic heterocycles. The fourth-order valence-corrected chi connectivity index (χ4v) is 4.18. The summed E-state index contributed by atoms with van der Waals surface area (Å²) in [6.07, 6.45) is -1.94. The zero-order chi connectivity index (χ0) is 28.7. The summed E-state index contributed by atoms with van der Waals surface area (Å²) in [7, 11) is 4.61. The summed E-state index contributed by atoms with van der Waals surface area (Å²) in [4.78, 5) is 21.0. The predicted molar refractivity (Wildman–Crippen MR) is 133 cm³/mol. The molecular weight excluding hydrogens is 538 g/mol. The van der Waals surface area contributed by atoms with E-state index in [0.717, 1.165) is 6.07 Å². The van der Waals surface area contributed by atoms with Crippen molar-refractivity contribution in [2.24, 2.45) is 7.05 Å². The third kappa shape index (κ3) is 5.13. The Morgan fingerprint density at radius 1 is 1.18 bits per heavy atom. The quantitative estimate of drug-likeness (QED) is 0.283. The molecule has 5 rings (SSSR count). The summed E-state index contributed by atoms with van der Waals surface area (Å²) in [5, 5.41) is 13.0. The van der Waals surface area contributed by atoms with Crippen LogP contribution in [0.1, 0.15) is 24.2 Å². The molecule has 1 fully saturated rings. The second kappa shape index (κ2) is 10.1. The molecule has 0 radical (unpaired) electrons. The Bertz CT molecular complexity index is 1560. The molecule has 1 aliphatic carbocycles. The van der Waals surface area contributed by atoms with Crippen molar-refractivity contribution in [3.63, 3.8) is 0 Å². The van der Waals surface area contributed by atoms with E-state index < -0.39 is 23.3 Å². The minimum atomic E-state index is -4.48. The topological polar surface area (TPSA) is 129 Å². The number of halogens is 4. The minimum Gasteiger partial charge on any atom is -0.480 e. The van der Waals surface area contributed by atoms with Crippen LogP contribution in [0.4, 0.5) is 35.0 Å². The largest absolute Gasteiger partial charge is 0.480 e. The first-order valence-corrected chi connectivity index (χ1v) is 11.9. The number of carbonyl (C=O) groups excluding carboxylic acids is 1. The van der Waals surface area contributed by atoms with Gasteiger partial charge in [0.25, 0.3) is 5.88 Å². The van der Waals surface area contributed by atoms with Crippen molar-refractivity contribution >= 4 is 23.4 Å². The van der Waals surface area contributed by atoms with Gasteiger partial charge in [0.05, 0.1) is 32.4 Å². The zero-order valence-corrected chi connectivity index (χ0v) is 21.5. The molecule has 40 heavy (non-hydrogen) atoms. The number of alkyl halides is 3. The summed E-state index contributed by atoms with van der Waals surface area (Å²) < 4.78 is 71.8. The smallest absolute Gasteiger partial charge is 0.401 e. The number of ether oxygens (including phenoxy) is 2. The van der Waals surface area contributed by atoms with Crippen LogP contribution in [0, 0.1) is 5.82 Å². The Morgan fingerprint density at radius 2 is 1.93 bits per heavy atom. The van der Waals surface area contributed by atoms with Crippen LogP contribution in [-0.2, 0) is 23.7 Å². The summed E-state index contributed by atoms with van der Waals surface area (Å²) in [6.45, 7) is 0. The van der Waals surface area contributed by atoms with E-state index in [2.05, 4.69) is 30.9 Å². The van der Waals surface area contributed by atoms with Gasteiger partial charge in [0.2, 0.25) is 17.7 Å². The number of carbonyl (C=O) groups is 1. The van der Waals surface area contributed by atoms with E-state index in [0.29, 0.717) is 22.7 Å². The van der Waals surface area contributed by atoms with Gasteiger partial charge in [-0.05, 0) is 30.0 Å². The number of nitrogens with one attached hydrogen (secondary N) is 2. The molecule has 0 unspecified atom stereocenters. The number of hydrogen-bond acceptors (Lipinski definition) is 9. The maximum absolute atomic E-state index is 15.0. The molecule has 4 aromatic rings. The number of aromatic nitrogens is 5. The van der Waals surface area contributed by atoms with Crippen LogP contribution in [0.2, 0.25) is 0 Å². The molecule has 3 aromatic heterocycles. The van der Waals surface area contributed by atoms with Gasteiger partial charge in [-0.3, -0.25) is 9.48 Å². The second-order valence-corrected chi connectivity index (χ2v) is 9.15. The van der Waals surface area contributed by atoms with E-state index in [1.807, 2.05) is 0 Å². The van der Waals surface area contributed by atoms with E-state index in [1.165, 1.54) is 32.5 Å². The van der Waals surface area contributed by atoms with Crippen LogP contribution in [0.15, 0.2) is 41.2 Å². The average Bonchev–Trinajstić information content (AvgIpc) is 3.49. The molecule has 2 N–H and O–H groups in total. The fourth-order valence-electron chi connectivity index (χ4n) is 4.18.